The lowest BCUT2D eigenvalue weighted by molar-refractivity contribution is -0.346. The summed E-state index contributed by atoms with van der Waals surface area (Å²) in [6, 6.07) is 0. The van der Waals surface area contributed by atoms with E-state index in [4.69, 9.17) is 5.53 Å². The summed E-state index contributed by atoms with van der Waals surface area (Å²) in [5.41, 5.74) is 7.99. The number of alkyl halides is 3. The fraction of sp³-hybridized carbons (Fsp3) is 1.00. The van der Waals surface area contributed by atoms with Gasteiger partial charge in [0, 0.05) is 17.9 Å². The number of rotatable bonds is 5. The first-order chi connectivity index (χ1) is 7.52. The van der Waals surface area contributed by atoms with Crippen LogP contribution < -0.4 is 0 Å². The van der Waals surface area contributed by atoms with Crippen molar-refractivity contribution >= 4 is 0 Å². The smallest absolute Gasteiger partial charge is 0.340 e. The molecular formula is C8H12F3N3O2. The molecule has 1 fully saturated rings. The molecule has 0 aromatic rings. The SMILES string of the molecule is [N-]=[N+]=NCCCCC1(C(F)(F)F)OCCO1. The number of nitrogens with zero attached hydrogens (tertiary/aromatic N) is 3. The maximum Gasteiger partial charge on any atom is 0.443 e. The highest BCUT2D eigenvalue weighted by molar-refractivity contribution is 4.82. The van der Waals surface area contributed by atoms with Gasteiger partial charge in [-0.25, -0.2) is 0 Å². The zero-order valence-corrected chi connectivity index (χ0v) is 8.53. The Morgan fingerprint density at radius 2 is 1.88 bits per heavy atom. The van der Waals surface area contributed by atoms with Crippen molar-refractivity contribution in [3.8, 4) is 0 Å². The van der Waals surface area contributed by atoms with E-state index in [1.54, 1.807) is 0 Å². The predicted octanol–water partition coefficient (Wildman–Crippen LogP) is 2.77. The number of hydrogen-bond acceptors (Lipinski definition) is 3. The molecule has 1 heterocycles. The molecule has 1 rings (SSSR count). The average molecular weight is 239 g/mol. The summed E-state index contributed by atoms with van der Waals surface area (Å²) >= 11 is 0. The molecule has 0 N–H and O–H groups in total. The van der Waals surface area contributed by atoms with Crippen LogP contribution in [-0.4, -0.2) is 31.7 Å². The van der Waals surface area contributed by atoms with Crippen molar-refractivity contribution in [2.75, 3.05) is 19.8 Å². The van der Waals surface area contributed by atoms with Crippen LogP contribution in [0.15, 0.2) is 5.11 Å². The molecule has 16 heavy (non-hydrogen) atoms. The summed E-state index contributed by atoms with van der Waals surface area (Å²) in [6.45, 7) is 0.0934. The molecule has 92 valence electrons. The Labute approximate surface area is 90.1 Å². The monoisotopic (exact) mass is 239 g/mol. The van der Waals surface area contributed by atoms with Crippen LogP contribution in [0.4, 0.5) is 13.2 Å². The second-order valence-electron chi connectivity index (χ2n) is 3.36. The van der Waals surface area contributed by atoms with E-state index in [0.717, 1.165) is 0 Å². The largest absolute Gasteiger partial charge is 0.443 e. The molecule has 0 aliphatic carbocycles. The standard InChI is InChI=1S/C8H12F3N3O2/c9-8(10,11)7(15-5-6-16-7)3-1-2-4-13-14-12/h1-6H2. The second-order valence-corrected chi connectivity index (χ2v) is 3.36. The molecule has 0 atom stereocenters. The van der Waals surface area contributed by atoms with Crippen molar-refractivity contribution in [3.63, 3.8) is 0 Å². The molecule has 0 unspecified atom stereocenters. The molecule has 0 aromatic heterocycles. The maximum atomic E-state index is 12.7. The minimum Gasteiger partial charge on any atom is -0.340 e. The summed E-state index contributed by atoms with van der Waals surface area (Å²) in [4.78, 5) is 2.51. The van der Waals surface area contributed by atoms with Gasteiger partial charge in [0.05, 0.1) is 13.2 Å². The topological polar surface area (TPSA) is 67.2 Å². The second kappa shape index (κ2) is 5.38. The maximum absolute atomic E-state index is 12.7. The minimum atomic E-state index is -4.53. The van der Waals surface area contributed by atoms with E-state index in [9.17, 15) is 13.2 Å². The van der Waals surface area contributed by atoms with Crippen molar-refractivity contribution in [3.05, 3.63) is 10.4 Å². The first-order valence-corrected chi connectivity index (χ1v) is 4.87. The Kier molecular flexibility index (Phi) is 4.40. The Balaban J connectivity index is 2.43. The van der Waals surface area contributed by atoms with Crippen molar-refractivity contribution in [2.45, 2.75) is 31.2 Å². The van der Waals surface area contributed by atoms with Gasteiger partial charge in [-0.05, 0) is 18.4 Å². The molecule has 1 saturated heterocycles. The van der Waals surface area contributed by atoms with Gasteiger partial charge in [-0.2, -0.15) is 13.2 Å². The van der Waals surface area contributed by atoms with Crippen LogP contribution in [0.1, 0.15) is 19.3 Å². The molecule has 1 aliphatic heterocycles. The molecule has 5 nitrogen and oxygen atoms in total. The highest BCUT2D eigenvalue weighted by atomic mass is 19.4. The van der Waals surface area contributed by atoms with Gasteiger partial charge in [-0.1, -0.05) is 5.11 Å². The summed E-state index contributed by atoms with van der Waals surface area (Å²) in [5, 5.41) is 3.24. The van der Waals surface area contributed by atoms with Crippen molar-refractivity contribution < 1.29 is 22.6 Å². The number of halogens is 3. The zero-order chi connectivity index (χ0) is 12.1. The van der Waals surface area contributed by atoms with E-state index in [0.29, 0.717) is 6.42 Å². The van der Waals surface area contributed by atoms with E-state index in [1.165, 1.54) is 0 Å². The van der Waals surface area contributed by atoms with Crippen LogP contribution in [0.2, 0.25) is 0 Å². The van der Waals surface area contributed by atoms with Gasteiger partial charge in [-0.15, -0.1) is 0 Å². The van der Waals surface area contributed by atoms with Crippen LogP contribution in [-0.2, 0) is 9.47 Å². The minimum absolute atomic E-state index is 0.0458. The molecular weight excluding hydrogens is 227 g/mol. The van der Waals surface area contributed by atoms with E-state index < -0.39 is 12.0 Å². The van der Waals surface area contributed by atoms with Gasteiger partial charge in [0.15, 0.2) is 0 Å². The van der Waals surface area contributed by atoms with Gasteiger partial charge in [0.25, 0.3) is 5.79 Å². The number of azide groups is 1. The number of unbranched alkanes of at least 4 members (excludes halogenated alkanes) is 1. The van der Waals surface area contributed by atoms with Crippen LogP contribution in [0.5, 0.6) is 0 Å². The van der Waals surface area contributed by atoms with Gasteiger partial charge >= 0.3 is 6.18 Å². The molecule has 0 spiro atoms. The molecule has 0 amide bonds. The predicted molar refractivity (Wildman–Crippen MR) is 48.6 cm³/mol. The van der Waals surface area contributed by atoms with Crippen LogP contribution in [0, 0.1) is 0 Å². The quantitative estimate of drug-likeness (QED) is 0.320. The van der Waals surface area contributed by atoms with Gasteiger partial charge in [0.2, 0.25) is 0 Å². The van der Waals surface area contributed by atoms with Crippen LogP contribution in [0.3, 0.4) is 0 Å². The van der Waals surface area contributed by atoms with Crippen LogP contribution >= 0.6 is 0 Å². The normalized spacial score (nSPS) is 19.4. The fourth-order valence-corrected chi connectivity index (χ4v) is 1.49. The molecule has 0 radical (unpaired) electrons. The molecule has 0 bridgehead atoms. The Morgan fingerprint density at radius 3 is 2.38 bits per heavy atom. The summed E-state index contributed by atoms with van der Waals surface area (Å²) in [5.74, 6) is -2.46. The Morgan fingerprint density at radius 1 is 1.25 bits per heavy atom. The molecule has 1 aliphatic rings. The average Bonchev–Trinajstić information content (AvgIpc) is 2.66. The lowest BCUT2D eigenvalue weighted by atomic mass is 10.1. The van der Waals surface area contributed by atoms with Gasteiger partial charge in [-0.3, -0.25) is 0 Å². The van der Waals surface area contributed by atoms with Crippen molar-refractivity contribution in [1.29, 1.82) is 0 Å². The van der Waals surface area contributed by atoms with Crippen molar-refractivity contribution in [2.24, 2.45) is 5.11 Å². The molecule has 0 aromatic carbocycles. The lowest BCUT2D eigenvalue weighted by Gasteiger charge is -2.29. The first-order valence-electron chi connectivity index (χ1n) is 4.87. The third-order valence-electron chi connectivity index (χ3n) is 2.26. The number of ether oxygens (including phenoxy) is 2. The summed E-state index contributed by atoms with van der Waals surface area (Å²) < 4.78 is 47.3. The zero-order valence-electron chi connectivity index (χ0n) is 8.53. The van der Waals surface area contributed by atoms with Gasteiger partial charge in [0.1, 0.15) is 0 Å². The summed E-state index contributed by atoms with van der Waals surface area (Å²) in [6.07, 6.45) is -4.17. The van der Waals surface area contributed by atoms with E-state index >= 15 is 0 Å². The Bertz CT molecular complexity index is 270. The highest BCUT2D eigenvalue weighted by Crippen LogP contribution is 2.41. The third kappa shape index (κ3) is 3.01. The molecule has 0 saturated carbocycles. The lowest BCUT2D eigenvalue weighted by Crippen LogP contribution is -2.46. The molecule has 8 heteroatoms. The highest BCUT2D eigenvalue weighted by Gasteiger charge is 2.59. The van der Waals surface area contributed by atoms with Crippen LogP contribution in [0.25, 0.3) is 10.4 Å². The fourth-order valence-electron chi connectivity index (χ4n) is 1.49. The summed E-state index contributed by atoms with van der Waals surface area (Å²) in [7, 11) is 0. The third-order valence-corrected chi connectivity index (χ3v) is 2.26. The van der Waals surface area contributed by atoms with Gasteiger partial charge < -0.3 is 9.47 Å². The Hall–Kier alpha value is -0.980. The number of hydrogen-bond donors (Lipinski definition) is 0. The van der Waals surface area contributed by atoms with E-state index in [1.807, 2.05) is 0 Å². The van der Waals surface area contributed by atoms with E-state index in [2.05, 4.69) is 19.5 Å². The van der Waals surface area contributed by atoms with Crippen molar-refractivity contribution in [1.82, 2.24) is 0 Å². The first kappa shape index (κ1) is 13.1. The van der Waals surface area contributed by atoms with E-state index in [-0.39, 0.29) is 32.6 Å².